The maximum absolute atomic E-state index is 12.1. The molecule has 5 heteroatoms. The molecule has 0 aliphatic carbocycles. The van der Waals surface area contributed by atoms with Crippen molar-refractivity contribution in [3.05, 3.63) is 54.6 Å². The molecule has 1 aliphatic rings. The number of thioether (sulfide) groups is 1. The zero-order valence-corrected chi connectivity index (χ0v) is 16.2. The quantitative estimate of drug-likeness (QED) is 0.750. The van der Waals surface area contributed by atoms with E-state index in [4.69, 9.17) is 0 Å². The molecule has 1 amide bonds. The van der Waals surface area contributed by atoms with Crippen LogP contribution in [0, 0.1) is 0 Å². The predicted octanol–water partition coefficient (Wildman–Crippen LogP) is 3.95. The zero-order valence-electron chi connectivity index (χ0n) is 15.4. The van der Waals surface area contributed by atoms with Gasteiger partial charge in [-0.3, -0.25) is 4.79 Å². The average molecular weight is 370 g/mol. The number of benzene rings is 2. The number of hydrogen-bond donors (Lipinski definition) is 1. The van der Waals surface area contributed by atoms with E-state index in [9.17, 15) is 4.79 Å². The van der Waals surface area contributed by atoms with Gasteiger partial charge in [-0.1, -0.05) is 25.1 Å². The van der Waals surface area contributed by atoms with Gasteiger partial charge in [0.15, 0.2) is 0 Å². The molecule has 2 aromatic rings. The van der Waals surface area contributed by atoms with Gasteiger partial charge in [0.25, 0.3) is 0 Å². The van der Waals surface area contributed by atoms with E-state index in [-0.39, 0.29) is 5.91 Å². The fourth-order valence-electron chi connectivity index (χ4n) is 3.08. The summed E-state index contributed by atoms with van der Waals surface area (Å²) in [5, 5.41) is 3.00. The molecule has 0 radical (unpaired) electrons. The first-order chi connectivity index (χ1) is 12.7. The lowest BCUT2D eigenvalue weighted by Gasteiger charge is -2.35. The summed E-state index contributed by atoms with van der Waals surface area (Å²) in [6.45, 7) is 7.71. The number of anilines is 2. The van der Waals surface area contributed by atoms with Crippen molar-refractivity contribution in [2.45, 2.75) is 18.2 Å². The number of hydrogen-bond acceptors (Lipinski definition) is 4. The van der Waals surface area contributed by atoms with Crippen LogP contribution in [-0.2, 0) is 4.79 Å². The molecular formula is C21H27N3OS. The van der Waals surface area contributed by atoms with E-state index in [1.54, 1.807) is 11.8 Å². The number of amides is 1. The lowest BCUT2D eigenvalue weighted by Crippen LogP contribution is -2.46. The Kier molecular flexibility index (Phi) is 6.97. The lowest BCUT2D eigenvalue weighted by atomic mass is 10.2. The maximum atomic E-state index is 12.1. The van der Waals surface area contributed by atoms with E-state index in [0.29, 0.717) is 6.42 Å². The van der Waals surface area contributed by atoms with Crippen LogP contribution >= 0.6 is 11.8 Å². The van der Waals surface area contributed by atoms with E-state index >= 15 is 0 Å². The molecule has 4 nitrogen and oxygen atoms in total. The Bertz CT molecular complexity index is 682. The Hall–Kier alpha value is -1.98. The smallest absolute Gasteiger partial charge is 0.225 e. The summed E-state index contributed by atoms with van der Waals surface area (Å²) in [7, 11) is 0. The summed E-state index contributed by atoms with van der Waals surface area (Å²) in [6, 6.07) is 18.4. The first-order valence-electron chi connectivity index (χ1n) is 9.29. The Morgan fingerprint density at radius 1 is 1.00 bits per heavy atom. The third kappa shape index (κ3) is 5.51. The third-order valence-corrected chi connectivity index (χ3v) is 5.69. The van der Waals surface area contributed by atoms with Crippen molar-refractivity contribution < 1.29 is 4.79 Å². The fourth-order valence-corrected chi connectivity index (χ4v) is 3.95. The van der Waals surface area contributed by atoms with Crippen LogP contribution < -0.4 is 10.2 Å². The number of carbonyl (C=O) groups excluding carboxylic acids is 1. The second kappa shape index (κ2) is 9.64. The molecule has 0 spiro atoms. The van der Waals surface area contributed by atoms with Gasteiger partial charge in [-0.25, -0.2) is 0 Å². The Morgan fingerprint density at radius 2 is 1.69 bits per heavy atom. The highest BCUT2D eigenvalue weighted by Crippen LogP contribution is 2.21. The molecule has 138 valence electrons. The molecule has 1 fully saturated rings. The van der Waals surface area contributed by atoms with E-state index in [2.05, 4.69) is 46.3 Å². The zero-order chi connectivity index (χ0) is 18.2. The Balaban J connectivity index is 1.43. The minimum atomic E-state index is 0.0674. The molecule has 1 N–H and O–H groups in total. The second-order valence-electron chi connectivity index (χ2n) is 6.43. The van der Waals surface area contributed by atoms with Crippen molar-refractivity contribution in [1.82, 2.24) is 4.90 Å². The van der Waals surface area contributed by atoms with Crippen LogP contribution in [0.5, 0.6) is 0 Å². The number of carbonyl (C=O) groups is 1. The predicted molar refractivity (Wildman–Crippen MR) is 111 cm³/mol. The SMILES string of the molecule is CCN1CCN(c2ccc(NC(=O)CCSc3ccccc3)cc2)CC1. The molecule has 0 atom stereocenters. The maximum Gasteiger partial charge on any atom is 0.225 e. The lowest BCUT2D eigenvalue weighted by molar-refractivity contribution is -0.115. The molecule has 2 aromatic carbocycles. The number of nitrogens with one attached hydrogen (secondary N) is 1. The van der Waals surface area contributed by atoms with Crippen molar-refractivity contribution in [3.8, 4) is 0 Å². The average Bonchev–Trinajstić information content (AvgIpc) is 2.69. The molecule has 3 rings (SSSR count). The molecule has 0 aromatic heterocycles. The number of piperazine rings is 1. The summed E-state index contributed by atoms with van der Waals surface area (Å²) in [6.07, 6.45) is 0.514. The first kappa shape index (κ1) is 18.8. The van der Waals surface area contributed by atoms with Crippen molar-refractivity contribution in [3.63, 3.8) is 0 Å². The number of nitrogens with zero attached hydrogens (tertiary/aromatic N) is 2. The first-order valence-corrected chi connectivity index (χ1v) is 10.3. The Labute approximate surface area is 160 Å². The summed E-state index contributed by atoms with van der Waals surface area (Å²) in [5.41, 5.74) is 2.11. The van der Waals surface area contributed by atoms with Gasteiger partial charge in [0.1, 0.15) is 0 Å². The molecule has 0 unspecified atom stereocenters. The molecule has 1 heterocycles. The highest BCUT2D eigenvalue weighted by Gasteiger charge is 2.15. The van der Waals surface area contributed by atoms with Crippen LogP contribution in [0.15, 0.2) is 59.5 Å². The summed E-state index contributed by atoms with van der Waals surface area (Å²) < 4.78 is 0. The van der Waals surface area contributed by atoms with Crippen LogP contribution in [-0.4, -0.2) is 49.3 Å². The third-order valence-electron chi connectivity index (χ3n) is 4.68. The minimum absolute atomic E-state index is 0.0674. The van der Waals surface area contributed by atoms with Gasteiger partial charge >= 0.3 is 0 Å². The standard InChI is InChI=1S/C21H27N3OS/c1-2-23-13-15-24(16-14-23)19-10-8-18(9-11-19)22-21(25)12-17-26-20-6-4-3-5-7-20/h3-11H,2,12-17H2,1H3,(H,22,25). The van der Waals surface area contributed by atoms with Crippen molar-refractivity contribution in [2.24, 2.45) is 0 Å². The molecule has 1 saturated heterocycles. The number of rotatable bonds is 7. The van der Waals surface area contributed by atoms with Crippen LogP contribution in [0.25, 0.3) is 0 Å². The fraction of sp³-hybridized carbons (Fsp3) is 0.381. The van der Waals surface area contributed by atoms with Gasteiger partial charge in [-0.05, 0) is 42.9 Å². The van der Waals surface area contributed by atoms with E-state index in [1.807, 2.05) is 30.3 Å². The van der Waals surface area contributed by atoms with E-state index in [0.717, 1.165) is 44.2 Å². The van der Waals surface area contributed by atoms with Gasteiger partial charge in [-0.2, -0.15) is 0 Å². The summed E-state index contributed by atoms with van der Waals surface area (Å²) in [4.78, 5) is 18.2. The molecule has 0 bridgehead atoms. The van der Waals surface area contributed by atoms with Gasteiger partial charge in [-0.15, -0.1) is 11.8 Å². The van der Waals surface area contributed by atoms with Gasteiger partial charge in [0.05, 0.1) is 0 Å². The Morgan fingerprint density at radius 3 is 2.35 bits per heavy atom. The molecule has 26 heavy (non-hydrogen) atoms. The topological polar surface area (TPSA) is 35.6 Å². The van der Waals surface area contributed by atoms with Crippen molar-refractivity contribution in [2.75, 3.05) is 48.7 Å². The van der Waals surface area contributed by atoms with E-state index in [1.165, 1.54) is 10.6 Å². The van der Waals surface area contributed by atoms with Gasteiger partial charge in [0.2, 0.25) is 5.91 Å². The highest BCUT2D eigenvalue weighted by atomic mass is 32.2. The largest absolute Gasteiger partial charge is 0.369 e. The normalized spacial score (nSPS) is 15.0. The van der Waals surface area contributed by atoms with Crippen molar-refractivity contribution in [1.29, 1.82) is 0 Å². The summed E-state index contributed by atoms with van der Waals surface area (Å²) >= 11 is 1.71. The monoisotopic (exact) mass is 369 g/mol. The van der Waals surface area contributed by atoms with Crippen LogP contribution in [0.4, 0.5) is 11.4 Å². The van der Waals surface area contributed by atoms with Crippen molar-refractivity contribution >= 4 is 29.0 Å². The van der Waals surface area contributed by atoms with E-state index < -0.39 is 0 Å². The van der Waals surface area contributed by atoms with Crippen LogP contribution in [0.2, 0.25) is 0 Å². The van der Waals surface area contributed by atoms with Gasteiger partial charge < -0.3 is 15.1 Å². The summed E-state index contributed by atoms with van der Waals surface area (Å²) in [5.74, 6) is 0.855. The highest BCUT2D eigenvalue weighted by molar-refractivity contribution is 7.99. The second-order valence-corrected chi connectivity index (χ2v) is 7.60. The van der Waals surface area contributed by atoms with Crippen LogP contribution in [0.3, 0.4) is 0 Å². The number of likely N-dealkylation sites (N-methyl/N-ethyl adjacent to an activating group) is 1. The molecule has 1 aliphatic heterocycles. The van der Waals surface area contributed by atoms with Gasteiger partial charge in [0, 0.05) is 54.6 Å². The molecular weight excluding hydrogens is 342 g/mol. The molecule has 0 saturated carbocycles. The van der Waals surface area contributed by atoms with Crippen LogP contribution in [0.1, 0.15) is 13.3 Å². The minimum Gasteiger partial charge on any atom is -0.369 e.